The van der Waals surface area contributed by atoms with E-state index < -0.39 is 0 Å². The highest BCUT2D eigenvalue weighted by Gasteiger charge is 2.09. The van der Waals surface area contributed by atoms with Crippen LogP contribution in [0.5, 0.6) is 5.75 Å². The number of rotatable bonds is 3. The van der Waals surface area contributed by atoms with E-state index in [4.69, 9.17) is 10.5 Å². The van der Waals surface area contributed by atoms with Crippen molar-refractivity contribution in [1.82, 2.24) is 9.38 Å². The topological polar surface area (TPSA) is 52.5 Å². The molecule has 4 nitrogen and oxygen atoms in total. The van der Waals surface area contributed by atoms with Crippen LogP contribution in [0.2, 0.25) is 0 Å². The zero-order valence-corrected chi connectivity index (χ0v) is 10.8. The third-order valence-electron chi connectivity index (χ3n) is 2.86. The van der Waals surface area contributed by atoms with Gasteiger partial charge in [-0.15, -0.1) is 11.3 Å². The lowest BCUT2D eigenvalue weighted by atomic mass is 10.1. The van der Waals surface area contributed by atoms with Gasteiger partial charge >= 0.3 is 0 Å². The van der Waals surface area contributed by atoms with Crippen molar-refractivity contribution in [2.75, 3.05) is 7.11 Å². The molecule has 0 aliphatic carbocycles. The molecule has 92 valence electrons. The number of fused-ring (bicyclic) bond motifs is 1. The minimum atomic E-state index is 0.522. The molecular weight excluding hydrogens is 246 g/mol. The number of benzene rings is 1. The summed E-state index contributed by atoms with van der Waals surface area (Å²) in [6.07, 6.45) is 2.02. The summed E-state index contributed by atoms with van der Waals surface area (Å²) in [5, 5.41) is 2.04. The maximum Gasteiger partial charge on any atom is 0.194 e. The molecule has 0 aliphatic heterocycles. The normalized spacial score (nSPS) is 11.0. The number of nitrogens with zero attached hydrogens (tertiary/aromatic N) is 2. The fourth-order valence-electron chi connectivity index (χ4n) is 1.90. The summed E-state index contributed by atoms with van der Waals surface area (Å²) in [5.74, 6) is 0.836. The molecule has 0 unspecified atom stereocenters. The van der Waals surface area contributed by atoms with Crippen LogP contribution in [0.3, 0.4) is 0 Å². The van der Waals surface area contributed by atoms with Crippen molar-refractivity contribution in [1.29, 1.82) is 0 Å². The highest BCUT2D eigenvalue weighted by atomic mass is 32.1. The number of imidazole rings is 1. The molecule has 0 amide bonds. The van der Waals surface area contributed by atoms with E-state index >= 15 is 0 Å². The summed E-state index contributed by atoms with van der Waals surface area (Å²) < 4.78 is 7.27. The molecule has 2 aromatic heterocycles. The molecule has 1 aromatic carbocycles. The molecule has 3 rings (SSSR count). The van der Waals surface area contributed by atoms with Gasteiger partial charge in [0.1, 0.15) is 5.75 Å². The number of hydrogen-bond donors (Lipinski definition) is 1. The van der Waals surface area contributed by atoms with Crippen LogP contribution in [0.1, 0.15) is 5.69 Å². The fourth-order valence-corrected chi connectivity index (χ4v) is 2.78. The molecule has 2 N–H and O–H groups in total. The molecule has 0 atom stereocenters. The maximum absolute atomic E-state index is 5.69. The van der Waals surface area contributed by atoms with E-state index in [0.717, 1.165) is 27.7 Å². The Bertz CT molecular complexity index is 686. The second kappa shape index (κ2) is 4.44. The van der Waals surface area contributed by atoms with Crippen molar-refractivity contribution in [2.24, 2.45) is 5.73 Å². The van der Waals surface area contributed by atoms with Gasteiger partial charge in [-0.1, -0.05) is 12.1 Å². The Hall–Kier alpha value is -1.85. The first kappa shape index (κ1) is 11.3. The summed E-state index contributed by atoms with van der Waals surface area (Å²) in [7, 11) is 1.66. The van der Waals surface area contributed by atoms with Crippen molar-refractivity contribution in [3.05, 3.63) is 41.5 Å². The van der Waals surface area contributed by atoms with E-state index in [1.807, 2.05) is 40.2 Å². The smallest absolute Gasteiger partial charge is 0.194 e. The number of thiazole rings is 1. The van der Waals surface area contributed by atoms with Crippen molar-refractivity contribution in [3.8, 4) is 17.0 Å². The van der Waals surface area contributed by atoms with E-state index in [0.29, 0.717) is 6.54 Å². The quantitative estimate of drug-likeness (QED) is 0.786. The molecule has 3 aromatic rings. The van der Waals surface area contributed by atoms with Gasteiger partial charge in [0.15, 0.2) is 4.96 Å². The molecule has 0 radical (unpaired) electrons. The first-order chi connectivity index (χ1) is 8.81. The Balaban J connectivity index is 2.10. The average Bonchev–Trinajstić information content (AvgIpc) is 2.98. The predicted molar refractivity (Wildman–Crippen MR) is 72.9 cm³/mol. The van der Waals surface area contributed by atoms with Crippen LogP contribution >= 0.6 is 11.3 Å². The maximum atomic E-state index is 5.69. The summed E-state index contributed by atoms with van der Waals surface area (Å²) in [6, 6.07) is 7.89. The Morgan fingerprint density at radius 3 is 3.11 bits per heavy atom. The third kappa shape index (κ3) is 1.77. The largest absolute Gasteiger partial charge is 0.497 e. The van der Waals surface area contributed by atoms with Crippen LogP contribution in [0.4, 0.5) is 0 Å². The fraction of sp³-hybridized carbons (Fsp3) is 0.154. The molecule has 5 heteroatoms. The Labute approximate surface area is 109 Å². The number of hydrogen-bond acceptors (Lipinski definition) is 4. The van der Waals surface area contributed by atoms with Gasteiger partial charge in [-0.05, 0) is 12.1 Å². The zero-order valence-electron chi connectivity index (χ0n) is 9.96. The highest BCUT2D eigenvalue weighted by molar-refractivity contribution is 7.15. The van der Waals surface area contributed by atoms with Crippen LogP contribution in [0.15, 0.2) is 35.8 Å². The first-order valence-corrected chi connectivity index (χ1v) is 6.49. The van der Waals surface area contributed by atoms with E-state index in [9.17, 15) is 0 Å². The SMILES string of the molecule is COc1cccc(-c2cn3c(CN)csc3n2)c1. The predicted octanol–water partition coefficient (Wildman–Crippen LogP) is 2.53. The highest BCUT2D eigenvalue weighted by Crippen LogP contribution is 2.26. The minimum absolute atomic E-state index is 0.522. The lowest BCUT2D eigenvalue weighted by Crippen LogP contribution is -1.98. The lowest BCUT2D eigenvalue weighted by Gasteiger charge is -2.01. The van der Waals surface area contributed by atoms with Gasteiger partial charge in [0.05, 0.1) is 12.8 Å². The van der Waals surface area contributed by atoms with Crippen molar-refractivity contribution >= 4 is 16.3 Å². The molecule has 0 fully saturated rings. The molecular formula is C13H13N3OS. The van der Waals surface area contributed by atoms with Gasteiger partial charge in [-0.2, -0.15) is 0 Å². The zero-order chi connectivity index (χ0) is 12.5. The van der Waals surface area contributed by atoms with E-state index in [-0.39, 0.29) is 0 Å². The monoisotopic (exact) mass is 259 g/mol. The molecule has 0 aliphatic rings. The van der Waals surface area contributed by atoms with Gasteiger partial charge < -0.3 is 10.5 Å². The summed E-state index contributed by atoms with van der Waals surface area (Å²) in [5.41, 5.74) is 8.76. The van der Waals surface area contributed by atoms with Crippen molar-refractivity contribution < 1.29 is 4.74 Å². The third-order valence-corrected chi connectivity index (χ3v) is 3.75. The summed E-state index contributed by atoms with van der Waals surface area (Å²) >= 11 is 1.60. The van der Waals surface area contributed by atoms with Crippen LogP contribution in [-0.4, -0.2) is 16.5 Å². The van der Waals surface area contributed by atoms with Gasteiger partial charge in [0.2, 0.25) is 0 Å². The van der Waals surface area contributed by atoms with E-state index in [1.165, 1.54) is 0 Å². The molecule has 0 saturated heterocycles. The van der Waals surface area contributed by atoms with Crippen molar-refractivity contribution in [3.63, 3.8) is 0 Å². The van der Waals surface area contributed by atoms with Crippen LogP contribution in [0.25, 0.3) is 16.2 Å². The number of aromatic nitrogens is 2. The lowest BCUT2D eigenvalue weighted by molar-refractivity contribution is 0.415. The Morgan fingerprint density at radius 2 is 2.33 bits per heavy atom. The minimum Gasteiger partial charge on any atom is -0.497 e. The number of methoxy groups -OCH3 is 1. The molecule has 0 bridgehead atoms. The number of ether oxygens (including phenoxy) is 1. The van der Waals surface area contributed by atoms with Crippen molar-refractivity contribution in [2.45, 2.75) is 6.54 Å². The van der Waals surface area contributed by atoms with Gasteiger partial charge in [0.25, 0.3) is 0 Å². The molecule has 18 heavy (non-hydrogen) atoms. The van der Waals surface area contributed by atoms with Gasteiger partial charge in [0, 0.05) is 29.4 Å². The second-order valence-corrected chi connectivity index (χ2v) is 4.78. The van der Waals surface area contributed by atoms with E-state index in [1.54, 1.807) is 18.4 Å². The van der Waals surface area contributed by atoms with Gasteiger partial charge in [-0.25, -0.2) is 4.98 Å². The van der Waals surface area contributed by atoms with E-state index in [2.05, 4.69) is 4.98 Å². The first-order valence-electron chi connectivity index (χ1n) is 5.62. The van der Waals surface area contributed by atoms with Crippen LogP contribution in [0, 0.1) is 0 Å². The standard InChI is InChI=1S/C13H13N3OS/c1-17-11-4-2-3-9(5-11)12-7-16-10(6-14)8-18-13(16)15-12/h2-5,7-8H,6,14H2,1H3. The summed E-state index contributed by atoms with van der Waals surface area (Å²) in [6.45, 7) is 0.522. The Morgan fingerprint density at radius 1 is 1.44 bits per heavy atom. The second-order valence-electron chi connectivity index (χ2n) is 3.94. The summed E-state index contributed by atoms with van der Waals surface area (Å²) in [4.78, 5) is 5.56. The molecule has 0 spiro atoms. The molecule has 0 saturated carbocycles. The van der Waals surface area contributed by atoms with Crippen LogP contribution < -0.4 is 10.5 Å². The van der Waals surface area contributed by atoms with Crippen LogP contribution in [-0.2, 0) is 6.54 Å². The number of nitrogens with two attached hydrogens (primary N) is 1. The average molecular weight is 259 g/mol. The Kier molecular flexibility index (Phi) is 2.77. The van der Waals surface area contributed by atoms with Gasteiger partial charge in [-0.3, -0.25) is 4.40 Å². The molecule has 2 heterocycles.